The second kappa shape index (κ2) is 5.21. The molecule has 18 heavy (non-hydrogen) atoms. The highest BCUT2D eigenvalue weighted by atomic mass is 16.2. The van der Waals surface area contributed by atoms with Gasteiger partial charge in [-0.25, -0.2) is 0 Å². The fourth-order valence-corrected chi connectivity index (χ4v) is 2.14. The summed E-state index contributed by atoms with van der Waals surface area (Å²) in [6.07, 6.45) is 0.816. The molecule has 1 aromatic rings. The number of hydrogen-bond donors (Lipinski definition) is 1. The molecule has 1 aliphatic heterocycles. The van der Waals surface area contributed by atoms with E-state index < -0.39 is 11.8 Å². The van der Waals surface area contributed by atoms with Gasteiger partial charge in [-0.15, -0.1) is 0 Å². The third-order valence-corrected chi connectivity index (χ3v) is 3.03. The van der Waals surface area contributed by atoms with Crippen LogP contribution < -0.4 is 5.32 Å². The Labute approximate surface area is 107 Å². The van der Waals surface area contributed by atoms with Crippen molar-refractivity contribution >= 4 is 11.8 Å². The summed E-state index contributed by atoms with van der Waals surface area (Å²) in [7, 11) is 0. The van der Waals surface area contributed by atoms with E-state index in [0.717, 1.165) is 12.0 Å². The molecule has 4 heteroatoms. The minimum absolute atomic E-state index is 0.0153. The number of benzene rings is 1. The monoisotopic (exact) mass is 246 g/mol. The van der Waals surface area contributed by atoms with Gasteiger partial charge in [-0.2, -0.15) is 0 Å². The highest BCUT2D eigenvalue weighted by molar-refractivity contribution is 6.35. The third-order valence-electron chi connectivity index (χ3n) is 3.03. The molecule has 0 radical (unpaired) electrons. The molecule has 0 spiro atoms. The van der Waals surface area contributed by atoms with Crippen LogP contribution in [0.1, 0.15) is 25.0 Å². The topological polar surface area (TPSA) is 49.4 Å². The van der Waals surface area contributed by atoms with Gasteiger partial charge in [-0.1, -0.05) is 24.3 Å². The van der Waals surface area contributed by atoms with Crippen LogP contribution >= 0.6 is 0 Å². The fraction of sp³-hybridized carbons (Fsp3) is 0.429. The molecule has 1 N–H and O–H groups in total. The summed E-state index contributed by atoms with van der Waals surface area (Å²) in [5.74, 6) is -0.942. The van der Waals surface area contributed by atoms with E-state index >= 15 is 0 Å². The number of hydrogen-bond acceptors (Lipinski definition) is 2. The largest absolute Gasteiger partial charge is 0.346 e. The van der Waals surface area contributed by atoms with Crippen LogP contribution in [0.4, 0.5) is 0 Å². The predicted molar refractivity (Wildman–Crippen MR) is 68.8 cm³/mol. The lowest BCUT2D eigenvalue weighted by atomic mass is 10.00. The van der Waals surface area contributed by atoms with E-state index in [9.17, 15) is 9.59 Å². The van der Waals surface area contributed by atoms with Gasteiger partial charge in [0.1, 0.15) is 0 Å². The maximum atomic E-state index is 12.0. The maximum absolute atomic E-state index is 12.0. The predicted octanol–water partition coefficient (Wildman–Crippen LogP) is 1.10. The molecular formula is C14H18N2O2. The van der Waals surface area contributed by atoms with E-state index in [-0.39, 0.29) is 6.04 Å². The van der Waals surface area contributed by atoms with Gasteiger partial charge < -0.3 is 10.2 Å². The first kappa shape index (κ1) is 12.6. The summed E-state index contributed by atoms with van der Waals surface area (Å²) in [4.78, 5) is 25.2. The van der Waals surface area contributed by atoms with E-state index in [4.69, 9.17) is 0 Å². The Hall–Kier alpha value is -1.84. The number of nitrogens with zero attached hydrogens (tertiary/aromatic N) is 1. The van der Waals surface area contributed by atoms with Gasteiger partial charge in [-0.3, -0.25) is 9.59 Å². The Bertz CT molecular complexity index is 469. The molecule has 1 aromatic carbocycles. The molecule has 0 fully saturated rings. The zero-order valence-electron chi connectivity index (χ0n) is 10.8. The summed E-state index contributed by atoms with van der Waals surface area (Å²) in [5, 5.41) is 2.63. The molecule has 1 heterocycles. The van der Waals surface area contributed by atoms with Gasteiger partial charge in [0.25, 0.3) is 0 Å². The molecule has 0 unspecified atom stereocenters. The Morgan fingerprint density at radius 2 is 1.89 bits per heavy atom. The quantitative estimate of drug-likeness (QED) is 0.754. The van der Waals surface area contributed by atoms with Crippen LogP contribution in [0.5, 0.6) is 0 Å². The highest BCUT2D eigenvalue weighted by Crippen LogP contribution is 2.18. The molecule has 2 amide bonds. The van der Waals surface area contributed by atoms with Crippen molar-refractivity contribution in [3.8, 4) is 0 Å². The second-order valence-corrected chi connectivity index (χ2v) is 4.87. The number of amides is 2. The summed E-state index contributed by atoms with van der Waals surface area (Å²) < 4.78 is 0. The van der Waals surface area contributed by atoms with Gasteiger partial charge in [0.05, 0.1) is 0 Å². The van der Waals surface area contributed by atoms with Crippen molar-refractivity contribution in [2.45, 2.75) is 32.9 Å². The lowest BCUT2D eigenvalue weighted by molar-refractivity contribution is -0.146. The summed E-state index contributed by atoms with van der Waals surface area (Å²) >= 11 is 0. The van der Waals surface area contributed by atoms with Crippen LogP contribution in [-0.2, 0) is 22.6 Å². The van der Waals surface area contributed by atoms with Crippen LogP contribution in [0.25, 0.3) is 0 Å². The smallest absolute Gasteiger partial charge is 0.312 e. The zero-order chi connectivity index (χ0) is 13.1. The number of carbonyl (C=O) groups is 2. The minimum Gasteiger partial charge on any atom is -0.346 e. The van der Waals surface area contributed by atoms with Crippen molar-refractivity contribution in [2.75, 3.05) is 6.54 Å². The molecule has 0 saturated heterocycles. The van der Waals surface area contributed by atoms with E-state index in [1.807, 2.05) is 32.0 Å². The van der Waals surface area contributed by atoms with Gasteiger partial charge in [0, 0.05) is 19.1 Å². The second-order valence-electron chi connectivity index (χ2n) is 4.87. The number of nitrogens with one attached hydrogen (secondary N) is 1. The van der Waals surface area contributed by atoms with Crippen molar-refractivity contribution in [1.82, 2.24) is 10.2 Å². The van der Waals surface area contributed by atoms with Gasteiger partial charge in [0.2, 0.25) is 0 Å². The molecule has 0 aromatic heterocycles. The number of rotatable bonds is 1. The molecule has 96 valence electrons. The summed E-state index contributed by atoms with van der Waals surface area (Å²) in [6.45, 7) is 4.83. The normalized spacial score (nSPS) is 14.3. The summed E-state index contributed by atoms with van der Waals surface area (Å²) in [6, 6.07) is 8.03. The van der Waals surface area contributed by atoms with Crippen LogP contribution in [0, 0.1) is 0 Å². The molecule has 0 aliphatic carbocycles. The standard InChI is InChI=1S/C14H18N2O2/c1-10(2)15-13(17)14(18)16-8-7-11-5-3-4-6-12(11)9-16/h3-6,10H,7-9H2,1-2H3,(H,15,17). The first-order valence-electron chi connectivity index (χ1n) is 6.24. The van der Waals surface area contributed by atoms with Gasteiger partial charge in [0.15, 0.2) is 0 Å². The zero-order valence-corrected chi connectivity index (χ0v) is 10.8. The van der Waals surface area contributed by atoms with Crippen LogP contribution in [0.2, 0.25) is 0 Å². The van der Waals surface area contributed by atoms with Crippen molar-refractivity contribution < 1.29 is 9.59 Å². The molecule has 2 rings (SSSR count). The molecule has 0 atom stereocenters. The van der Waals surface area contributed by atoms with Crippen LogP contribution in [0.3, 0.4) is 0 Å². The molecule has 4 nitrogen and oxygen atoms in total. The molecule has 1 aliphatic rings. The average molecular weight is 246 g/mol. The first-order valence-corrected chi connectivity index (χ1v) is 6.24. The first-order chi connectivity index (χ1) is 8.58. The van der Waals surface area contributed by atoms with Gasteiger partial charge >= 0.3 is 11.8 Å². The van der Waals surface area contributed by atoms with E-state index in [2.05, 4.69) is 11.4 Å². The van der Waals surface area contributed by atoms with Crippen molar-refractivity contribution in [1.29, 1.82) is 0 Å². The van der Waals surface area contributed by atoms with E-state index in [1.54, 1.807) is 4.90 Å². The number of carbonyl (C=O) groups excluding carboxylic acids is 2. The lowest BCUT2D eigenvalue weighted by Gasteiger charge is -2.28. The molecule has 0 bridgehead atoms. The Morgan fingerprint density at radius 3 is 2.56 bits per heavy atom. The summed E-state index contributed by atoms with van der Waals surface area (Å²) in [5.41, 5.74) is 2.40. The Balaban J connectivity index is 2.05. The lowest BCUT2D eigenvalue weighted by Crippen LogP contribution is -2.46. The minimum atomic E-state index is -0.510. The fourth-order valence-electron chi connectivity index (χ4n) is 2.14. The maximum Gasteiger partial charge on any atom is 0.312 e. The number of fused-ring (bicyclic) bond motifs is 1. The van der Waals surface area contributed by atoms with Crippen LogP contribution in [0.15, 0.2) is 24.3 Å². The van der Waals surface area contributed by atoms with Crippen LogP contribution in [-0.4, -0.2) is 29.3 Å². The van der Waals surface area contributed by atoms with Crippen molar-refractivity contribution in [2.24, 2.45) is 0 Å². The third kappa shape index (κ3) is 2.70. The van der Waals surface area contributed by atoms with Crippen molar-refractivity contribution in [3.63, 3.8) is 0 Å². The Kier molecular flexibility index (Phi) is 3.65. The molecule has 0 saturated carbocycles. The van der Waals surface area contributed by atoms with E-state index in [0.29, 0.717) is 13.1 Å². The SMILES string of the molecule is CC(C)NC(=O)C(=O)N1CCc2ccccc2C1. The van der Waals surface area contributed by atoms with Gasteiger partial charge in [-0.05, 0) is 31.4 Å². The van der Waals surface area contributed by atoms with E-state index in [1.165, 1.54) is 5.56 Å². The van der Waals surface area contributed by atoms with Crippen molar-refractivity contribution in [3.05, 3.63) is 35.4 Å². The highest BCUT2D eigenvalue weighted by Gasteiger charge is 2.25. The average Bonchev–Trinajstić information content (AvgIpc) is 2.36. The Morgan fingerprint density at radius 1 is 1.22 bits per heavy atom. The molecular weight excluding hydrogens is 228 g/mol.